The Bertz CT molecular complexity index is 1530. The number of allylic oxidation sites excluding steroid dienone is 2. The van der Waals surface area contributed by atoms with E-state index in [1.54, 1.807) is 12.1 Å². The Balaban J connectivity index is 0.000000133. The van der Waals surface area contributed by atoms with Crippen molar-refractivity contribution in [1.29, 1.82) is 0 Å². The molecule has 0 saturated heterocycles. The third kappa shape index (κ3) is 7.08. The van der Waals surface area contributed by atoms with Gasteiger partial charge < -0.3 is 10.2 Å². The van der Waals surface area contributed by atoms with Crippen molar-refractivity contribution in [3.63, 3.8) is 0 Å². The summed E-state index contributed by atoms with van der Waals surface area (Å²) in [7, 11) is 0. The summed E-state index contributed by atoms with van der Waals surface area (Å²) in [6, 6.07) is 28.2. The molecule has 186 valence electrons. The number of benzene rings is 3. The van der Waals surface area contributed by atoms with Crippen LogP contribution < -0.4 is 10.2 Å². The van der Waals surface area contributed by atoms with Gasteiger partial charge in [-0.25, -0.2) is 0 Å². The molecular formula is C32H27AlN2O3. The second-order valence-electron chi connectivity index (χ2n) is 9.12. The van der Waals surface area contributed by atoms with Crippen LogP contribution in [0.15, 0.2) is 109 Å². The Morgan fingerprint density at radius 2 is 1.24 bits per heavy atom. The summed E-state index contributed by atoms with van der Waals surface area (Å²) in [5.74, 6) is -0.00704. The molecule has 38 heavy (non-hydrogen) atoms. The fourth-order valence-electron chi connectivity index (χ4n) is 3.92. The number of rotatable bonds is 1. The molecule has 1 atom stereocenters. The van der Waals surface area contributed by atoms with E-state index in [4.69, 9.17) is 0 Å². The number of hydrogen-bond donors (Lipinski definition) is 1. The minimum atomic E-state index is -0.752. The fourth-order valence-corrected chi connectivity index (χ4v) is 4.14. The van der Waals surface area contributed by atoms with E-state index in [0.29, 0.717) is 17.5 Å². The molecule has 0 aliphatic heterocycles. The summed E-state index contributed by atoms with van der Waals surface area (Å²) in [6.45, 7) is 3.76. The molecule has 1 unspecified atom stereocenters. The van der Waals surface area contributed by atoms with Gasteiger partial charge in [0.1, 0.15) is 0 Å². The number of para-hydroxylation sites is 2. The minimum absolute atomic E-state index is 0.00352. The molecule has 5 nitrogen and oxygen atoms in total. The Morgan fingerprint density at radius 3 is 1.71 bits per heavy atom. The SMILES string of the molecule is Cc1ccc2cccc([O-])c2n1.Cc1ccc2cccc([O-])c2n1.O[C]1([Al+2])C=CC(c2ccccc2)=CC1. The van der Waals surface area contributed by atoms with E-state index in [-0.39, 0.29) is 11.5 Å². The van der Waals surface area contributed by atoms with E-state index < -0.39 is 4.46 Å². The van der Waals surface area contributed by atoms with Gasteiger partial charge in [0.25, 0.3) is 0 Å². The van der Waals surface area contributed by atoms with Crippen LogP contribution in [0, 0.1) is 13.8 Å². The summed E-state index contributed by atoms with van der Waals surface area (Å²) in [5, 5.41) is 34.0. The molecule has 0 bridgehead atoms. The van der Waals surface area contributed by atoms with Gasteiger partial charge in [0.15, 0.2) is 0 Å². The van der Waals surface area contributed by atoms with Crippen LogP contribution in [0.1, 0.15) is 23.4 Å². The number of aryl methyl sites for hydroxylation is 2. The molecular weight excluding hydrogens is 487 g/mol. The van der Waals surface area contributed by atoms with Crippen molar-refractivity contribution in [3.05, 3.63) is 126 Å². The molecule has 2 heterocycles. The van der Waals surface area contributed by atoms with Crippen molar-refractivity contribution in [2.24, 2.45) is 0 Å². The first-order chi connectivity index (χ1) is 18.2. The number of aliphatic hydroxyl groups is 1. The first kappa shape index (κ1) is 27.1. The van der Waals surface area contributed by atoms with Gasteiger partial charge in [-0.05, 0) is 36.8 Å². The summed E-state index contributed by atoms with van der Waals surface area (Å²) in [6.07, 6.45) is 6.49. The topological polar surface area (TPSA) is 92.1 Å². The van der Waals surface area contributed by atoms with Crippen LogP contribution in [0.5, 0.6) is 11.5 Å². The molecule has 0 amide bonds. The van der Waals surface area contributed by atoms with Gasteiger partial charge in [-0.2, -0.15) is 0 Å². The third-order valence-electron chi connectivity index (χ3n) is 5.95. The predicted octanol–water partition coefficient (Wildman–Crippen LogP) is 5.12. The Hall–Kier alpha value is -3.95. The normalized spacial score (nSPS) is 16.2. The summed E-state index contributed by atoms with van der Waals surface area (Å²) in [5.41, 5.74) is 5.27. The van der Waals surface area contributed by atoms with Crippen LogP contribution >= 0.6 is 0 Å². The van der Waals surface area contributed by atoms with Gasteiger partial charge in [-0.15, -0.1) is 0 Å². The summed E-state index contributed by atoms with van der Waals surface area (Å²) in [4.78, 5) is 8.33. The van der Waals surface area contributed by atoms with Gasteiger partial charge in [0, 0.05) is 11.4 Å². The van der Waals surface area contributed by atoms with Crippen LogP contribution in [-0.4, -0.2) is 35.8 Å². The molecule has 1 N–H and O–H groups in total. The molecule has 6 heteroatoms. The quantitative estimate of drug-likeness (QED) is 0.314. The van der Waals surface area contributed by atoms with Crippen molar-refractivity contribution in [1.82, 2.24) is 9.97 Å². The van der Waals surface area contributed by atoms with E-state index in [1.807, 2.05) is 80.6 Å². The van der Waals surface area contributed by atoms with Crippen LogP contribution in [-0.2, 0) is 0 Å². The van der Waals surface area contributed by atoms with Gasteiger partial charge in [-0.1, -0.05) is 60.0 Å². The number of pyridine rings is 2. The molecule has 6 rings (SSSR count). The van der Waals surface area contributed by atoms with Gasteiger partial charge in [0.2, 0.25) is 0 Å². The number of nitrogens with zero attached hydrogens (tertiary/aromatic N) is 2. The molecule has 0 saturated carbocycles. The van der Waals surface area contributed by atoms with Crippen molar-refractivity contribution < 1.29 is 15.3 Å². The molecule has 3 aromatic carbocycles. The Morgan fingerprint density at radius 1 is 0.711 bits per heavy atom. The average molecular weight is 515 g/mol. The standard InChI is InChI=1S/C12H11O.2C10H9NO.Al/c13-12-8-6-11(7-9-12)10-4-2-1-3-5-10;2*1-7-5-6-8-3-2-4-9(12)10(8)11-7;/h1-8,13H,9H2;2*2-6,12H,1H3;/q;;;+2/p-2. The number of hydrogen-bond acceptors (Lipinski definition) is 5. The zero-order valence-electron chi connectivity index (χ0n) is 21.3. The third-order valence-corrected chi connectivity index (χ3v) is 6.38. The molecule has 1 aliphatic rings. The first-order valence-electron chi connectivity index (χ1n) is 12.2. The molecule has 2 aromatic heterocycles. The second-order valence-corrected chi connectivity index (χ2v) is 10.1. The maximum atomic E-state index is 11.3. The molecule has 0 spiro atoms. The van der Waals surface area contributed by atoms with E-state index in [9.17, 15) is 15.3 Å². The number of fused-ring (bicyclic) bond motifs is 2. The zero-order chi connectivity index (χ0) is 27.1. The summed E-state index contributed by atoms with van der Waals surface area (Å²) >= 11 is 2.44. The van der Waals surface area contributed by atoms with Crippen LogP contribution in [0.4, 0.5) is 0 Å². The molecule has 5 aromatic rings. The van der Waals surface area contributed by atoms with E-state index >= 15 is 0 Å². The Labute approximate surface area is 230 Å². The monoisotopic (exact) mass is 514 g/mol. The molecule has 0 radical (unpaired) electrons. The van der Waals surface area contributed by atoms with E-state index in [2.05, 4.69) is 44.5 Å². The van der Waals surface area contributed by atoms with Crippen molar-refractivity contribution in [3.8, 4) is 11.5 Å². The van der Waals surface area contributed by atoms with Crippen molar-refractivity contribution in [2.75, 3.05) is 0 Å². The average Bonchev–Trinajstić information content (AvgIpc) is 2.91. The van der Waals surface area contributed by atoms with Crippen LogP contribution in [0.3, 0.4) is 0 Å². The zero-order valence-corrected chi connectivity index (χ0v) is 22.5. The van der Waals surface area contributed by atoms with Crippen LogP contribution in [0.2, 0.25) is 0 Å². The summed E-state index contributed by atoms with van der Waals surface area (Å²) < 4.78 is -0.752. The predicted molar refractivity (Wildman–Crippen MR) is 151 cm³/mol. The molecule has 0 fully saturated rings. The second kappa shape index (κ2) is 12.1. The van der Waals surface area contributed by atoms with Crippen LogP contribution in [0.25, 0.3) is 27.4 Å². The fraction of sp³-hybridized carbons (Fsp3) is 0.125. The van der Waals surface area contributed by atoms with Gasteiger partial charge in [-0.3, -0.25) is 9.97 Å². The van der Waals surface area contributed by atoms with Gasteiger partial charge in [0.05, 0.1) is 11.0 Å². The molecule has 1 aliphatic carbocycles. The number of aromatic nitrogens is 2. The maximum absolute atomic E-state index is 11.3. The van der Waals surface area contributed by atoms with E-state index in [0.717, 1.165) is 22.2 Å². The van der Waals surface area contributed by atoms with E-state index in [1.165, 1.54) is 23.3 Å². The van der Waals surface area contributed by atoms with Gasteiger partial charge >= 0.3 is 92.0 Å². The van der Waals surface area contributed by atoms with Crippen molar-refractivity contribution >= 4 is 43.7 Å². The van der Waals surface area contributed by atoms with Crippen molar-refractivity contribution in [2.45, 2.75) is 24.7 Å². The Kier molecular flexibility index (Phi) is 8.60. The first-order valence-corrected chi connectivity index (χ1v) is 12.8.